The molecule has 1 fully saturated rings. The van der Waals surface area contributed by atoms with Gasteiger partial charge in [-0.15, -0.1) is 0 Å². The highest BCUT2D eigenvalue weighted by Crippen LogP contribution is 2.12. The van der Waals surface area contributed by atoms with Crippen LogP contribution < -0.4 is 16.4 Å². The Morgan fingerprint density at radius 3 is 2.87 bits per heavy atom. The van der Waals surface area contributed by atoms with E-state index in [0.29, 0.717) is 25.5 Å². The third-order valence-electron chi connectivity index (χ3n) is 4.81. The van der Waals surface area contributed by atoms with Crippen LogP contribution in [0.25, 0.3) is 0 Å². The molecule has 0 radical (unpaired) electrons. The molecule has 0 saturated carbocycles. The zero-order valence-corrected chi connectivity index (χ0v) is 17.2. The number of pyridine rings is 1. The highest BCUT2D eigenvalue weighted by atomic mass is 16.5. The van der Waals surface area contributed by atoms with E-state index in [0.717, 1.165) is 56.2 Å². The Bertz CT molecular complexity index is 821. The van der Waals surface area contributed by atoms with Gasteiger partial charge in [0.05, 0.1) is 19.8 Å². The zero-order valence-electron chi connectivity index (χ0n) is 17.2. The van der Waals surface area contributed by atoms with Crippen molar-refractivity contribution in [3.8, 4) is 0 Å². The Morgan fingerprint density at radius 1 is 1.20 bits per heavy atom. The molecule has 160 valence electrons. The normalized spacial score (nSPS) is 15.0. The topological polar surface area (TPSA) is 105 Å². The Hall–Kier alpha value is -2.97. The molecule has 1 aliphatic heterocycles. The number of rotatable bonds is 9. The SMILES string of the molecule is NC(=NCc1cccc(NC(=O)CCN2CCOCC2)c1)NCCc1ccccn1. The van der Waals surface area contributed by atoms with E-state index in [9.17, 15) is 4.79 Å². The second-order valence-corrected chi connectivity index (χ2v) is 7.15. The lowest BCUT2D eigenvalue weighted by molar-refractivity contribution is -0.116. The number of aromatic nitrogens is 1. The smallest absolute Gasteiger partial charge is 0.225 e. The summed E-state index contributed by atoms with van der Waals surface area (Å²) in [5, 5.41) is 6.06. The fraction of sp³-hybridized carbons (Fsp3) is 0.409. The second kappa shape index (κ2) is 11.9. The first-order valence-corrected chi connectivity index (χ1v) is 10.3. The van der Waals surface area contributed by atoms with Crippen molar-refractivity contribution in [3.63, 3.8) is 0 Å². The van der Waals surface area contributed by atoms with Crippen molar-refractivity contribution in [2.45, 2.75) is 19.4 Å². The predicted molar refractivity (Wildman–Crippen MR) is 118 cm³/mol. The second-order valence-electron chi connectivity index (χ2n) is 7.15. The number of hydrogen-bond donors (Lipinski definition) is 3. The number of carbonyl (C=O) groups excluding carboxylic acids is 1. The van der Waals surface area contributed by atoms with Crippen LogP contribution in [0.2, 0.25) is 0 Å². The van der Waals surface area contributed by atoms with Gasteiger partial charge in [-0.05, 0) is 29.8 Å². The monoisotopic (exact) mass is 410 g/mol. The van der Waals surface area contributed by atoms with Crippen LogP contribution in [0.5, 0.6) is 0 Å². The highest BCUT2D eigenvalue weighted by Gasteiger charge is 2.12. The van der Waals surface area contributed by atoms with Gasteiger partial charge in [-0.3, -0.25) is 14.7 Å². The third kappa shape index (κ3) is 7.81. The van der Waals surface area contributed by atoms with Gasteiger partial charge < -0.3 is 21.1 Å². The van der Waals surface area contributed by atoms with Crippen molar-refractivity contribution in [1.82, 2.24) is 15.2 Å². The van der Waals surface area contributed by atoms with E-state index in [1.807, 2.05) is 42.5 Å². The quantitative estimate of drug-likeness (QED) is 0.426. The van der Waals surface area contributed by atoms with Crippen molar-refractivity contribution in [3.05, 3.63) is 59.9 Å². The van der Waals surface area contributed by atoms with Crippen LogP contribution in [-0.2, 0) is 22.5 Å². The van der Waals surface area contributed by atoms with E-state index in [1.54, 1.807) is 6.20 Å². The number of hydrogen-bond acceptors (Lipinski definition) is 5. The molecule has 1 aromatic heterocycles. The van der Waals surface area contributed by atoms with E-state index < -0.39 is 0 Å². The summed E-state index contributed by atoms with van der Waals surface area (Å²) in [5.74, 6) is 0.406. The number of nitrogens with two attached hydrogens (primary N) is 1. The van der Waals surface area contributed by atoms with E-state index >= 15 is 0 Å². The summed E-state index contributed by atoms with van der Waals surface area (Å²) >= 11 is 0. The zero-order chi connectivity index (χ0) is 21.0. The first-order chi connectivity index (χ1) is 14.7. The summed E-state index contributed by atoms with van der Waals surface area (Å²) in [6.07, 6.45) is 3.03. The minimum Gasteiger partial charge on any atom is -0.379 e. The summed E-state index contributed by atoms with van der Waals surface area (Å²) in [6, 6.07) is 13.5. The van der Waals surface area contributed by atoms with E-state index in [1.165, 1.54) is 0 Å². The summed E-state index contributed by atoms with van der Waals surface area (Å²) in [5.41, 5.74) is 8.72. The average molecular weight is 411 g/mol. The van der Waals surface area contributed by atoms with Crippen LogP contribution in [-0.4, -0.2) is 61.1 Å². The van der Waals surface area contributed by atoms with Crippen LogP contribution in [0.4, 0.5) is 5.69 Å². The number of ether oxygens (including phenoxy) is 1. The van der Waals surface area contributed by atoms with Crippen molar-refractivity contribution in [1.29, 1.82) is 0 Å². The molecule has 1 aromatic carbocycles. The van der Waals surface area contributed by atoms with Crippen molar-refractivity contribution in [2.75, 3.05) is 44.7 Å². The molecule has 0 aliphatic carbocycles. The third-order valence-corrected chi connectivity index (χ3v) is 4.81. The largest absolute Gasteiger partial charge is 0.379 e. The minimum absolute atomic E-state index is 0.0119. The molecular weight excluding hydrogens is 380 g/mol. The van der Waals surface area contributed by atoms with Crippen molar-refractivity contribution in [2.24, 2.45) is 10.7 Å². The summed E-state index contributed by atoms with van der Waals surface area (Å²) in [7, 11) is 0. The van der Waals surface area contributed by atoms with Gasteiger partial charge in [0.15, 0.2) is 5.96 Å². The van der Waals surface area contributed by atoms with Gasteiger partial charge in [0.1, 0.15) is 0 Å². The molecule has 0 bridgehead atoms. The Morgan fingerprint density at radius 2 is 2.07 bits per heavy atom. The van der Waals surface area contributed by atoms with Gasteiger partial charge in [0.2, 0.25) is 5.91 Å². The molecule has 3 rings (SSSR count). The molecule has 8 heteroatoms. The van der Waals surface area contributed by atoms with Gasteiger partial charge in [-0.1, -0.05) is 18.2 Å². The van der Waals surface area contributed by atoms with Gasteiger partial charge in [0.25, 0.3) is 0 Å². The van der Waals surface area contributed by atoms with Gasteiger partial charge >= 0.3 is 0 Å². The lowest BCUT2D eigenvalue weighted by Crippen LogP contribution is -2.38. The molecule has 2 aromatic rings. The number of guanidine groups is 1. The van der Waals surface area contributed by atoms with Crippen LogP contribution in [0.3, 0.4) is 0 Å². The molecule has 1 saturated heterocycles. The molecule has 8 nitrogen and oxygen atoms in total. The predicted octanol–water partition coefficient (Wildman–Crippen LogP) is 1.39. The number of amides is 1. The maximum Gasteiger partial charge on any atom is 0.225 e. The standard InChI is InChI=1S/C22H30N6O2/c23-22(25-10-7-19-5-1-2-9-24-19)26-17-18-4-3-6-20(16-18)27-21(29)8-11-28-12-14-30-15-13-28/h1-6,9,16H,7-8,10-15,17H2,(H,27,29)(H3,23,25,26). The fourth-order valence-corrected chi connectivity index (χ4v) is 3.15. The van der Waals surface area contributed by atoms with Gasteiger partial charge in [-0.25, -0.2) is 4.99 Å². The van der Waals surface area contributed by atoms with Gasteiger partial charge in [0, 0.05) is 56.6 Å². The fourth-order valence-electron chi connectivity index (χ4n) is 3.15. The molecule has 1 amide bonds. The van der Waals surface area contributed by atoms with Gasteiger partial charge in [-0.2, -0.15) is 0 Å². The minimum atomic E-state index is 0.0119. The summed E-state index contributed by atoms with van der Waals surface area (Å²) in [4.78, 5) is 23.1. The van der Waals surface area contributed by atoms with Crippen LogP contribution in [0, 0.1) is 0 Å². The van der Waals surface area contributed by atoms with Crippen LogP contribution >= 0.6 is 0 Å². The lowest BCUT2D eigenvalue weighted by Gasteiger charge is -2.26. The number of morpholine rings is 1. The summed E-state index contributed by atoms with van der Waals surface area (Å²) in [6.45, 7) is 5.12. The number of benzene rings is 1. The van der Waals surface area contributed by atoms with Crippen LogP contribution in [0.15, 0.2) is 53.7 Å². The Balaban J connectivity index is 1.40. The number of carbonyl (C=O) groups is 1. The summed E-state index contributed by atoms with van der Waals surface area (Å²) < 4.78 is 5.33. The highest BCUT2D eigenvalue weighted by molar-refractivity contribution is 5.90. The van der Waals surface area contributed by atoms with Crippen molar-refractivity contribution < 1.29 is 9.53 Å². The lowest BCUT2D eigenvalue weighted by atomic mass is 10.2. The molecule has 30 heavy (non-hydrogen) atoms. The Labute approximate surface area is 177 Å². The maximum absolute atomic E-state index is 12.2. The van der Waals surface area contributed by atoms with E-state index in [2.05, 4.69) is 25.5 Å². The van der Waals surface area contributed by atoms with Crippen molar-refractivity contribution >= 4 is 17.6 Å². The average Bonchev–Trinajstić information content (AvgIpc) is 2.78. The van der Waals surface area contributed by atoms with E-state index in [4.69, 9.17) is 10.5 Å². The van der Waals surface area contributed by atoms with E-state index in [-0.39, 0.29) is 5.91 Å². The molecular formula is C22H30N6O2. The van der Waals surface area contributed by atoms with Crippen LogP contribution in [0.1, 0.15) is 17.7 Å². The number of anilines is 1. The number of aliphatic imine (C=N–C) groups is 1. The molecule has 2 heterocycles. The first-order valence-electron chi connectivity index (χ1n) is 10.3. The molecule has 0 atom stereocenters. The Kier molecular flexibility index (Phi) is 8.62. The number of nitrogens with one attached hydrogen (secondary N) is 2. The first kappa shape index (κ1) is 21.7. The molecule has 0 spiro atoms. The number of nitrogens with zero attached hydrogens (tertiary/aromatic N) is 3. The molecule has 4 N–H and O–H groups in total. The maximum atomic E-state index is 12.2. The molecule has 0 unspecified atom stereocenters. The molecule has 1 aliphatic rings.